The van der Waals surface area contributed by atoms with Crippen LogP contribution in [0.1, 0.15) is 29.3 Å². The molecule has 0 heterocycles. The molecule has 1 atom stereocenters. The van der Waals surface area contributed by atoms with E-state index in [4.69, 9.17) is 9.84 Å². The lowest BCUT2D eigenvalue weighted by Crippen LogP contribution is -2.26. The Morgan fingerprint density at radius 3 is 2.54 bits per heavy atom. The number of amides is 1. The maximum atomic E-state index is 12.4. The second kappa shape index (κ2) is 9.87. The fourth-order valence-electron chi connectivity index (χ4n) is 2.19. The molecule has 1 amide bonds. The molecule has 26 heavy (non-hydrogen) atoms. The van der Waals surface area contributed by atoms with Crippen LogP contribution in [0.25, 0.3) is 0 Å². The van der Waals surface area contributed by atoms with Gasteiger partial charge in [0.15, 0.2) is 0 Å². The number of ether oxygens (including phenoxy) is 1. The summed E-state index contributed by atoms with van der Waals surface area (Å²) in [6.45, 7) is 4.62. The Morgan fingerprint density at radius 1 is 1.15 bits per heavy atom. The van der Waals surface area contributed by atoms with E-state index in [9.17, 15) is 9.59 Å². The minimum absolute atomic E-state index is 0.207. The SMILES string of the molecule is Cc1ccc(OCCCNC(=O)c2ccccc2SC(C)C(=O)O)cc1. The first kappa shape index (κ1) is 19.8. The number of benzene rings is 2. The van der Waals surface area contributed by atoms with Crippen molar-refractivity contribution in [2.45, 2.75) is 30.4 Å². The van der Waals surface area contributed by atoms with Gasteiger partial charge in [0, 0.05) is 11.4 Å². The first-order valence-corrected chi connectivity index (χ1v) is 9.31. The first-order valence-electron chi connectivity index (χ1n) is 8.43. The van der Waals surface area contributed by atoms with Crippen molar-refractivity contribution in [3.63, 3.8) is 0 Å². The van der Waals surface area contributed by atoms with Crippen molar-refractivity contribution in [1.29, 1.82) is 0 Å². The van der Waals surface area contributed by atoms with Gasteiger partial charge in [-0.05, 0) is 44.5 Å². The molecule has 0 spiro atoms. The van der Waals surface area contributed by atoms with Crippen molar-refractivity contribution in [1.82, 2.24) is 5.32 Å². The van der Waals surface area contributed by atoms with Crippen molar-refractivity contribution in [2.24, 2.45) is 0 Å². The van der Waals surface area contributed by atoms with Gasteiger partial charge in [0.25, 0.3) is 5.91 Å². The number of thioether (sulfide) groups is 1. The van der Waals surface area contributed by atoms with Gasteiger partial charge in [0.2, 0.25) is 0 Å². The van der Waals surface area contributed by atoms with Crippen molar-refractivity contribution in [3.05, 3.63) is 59.7 Å². The Morgan fingerprint density at radius 2 is 1.85 bits per heavy atom. The van der Waals surface area contributed by atoms with E-state index in [-0.39, 0.29) is 5.91 Å². The third-order valence-electron chi connectivity index (χ3n) is 3.68. The van der Waals surface area contributed by atoms with E-state index in [1.165, 1.54) is 5.56 Å². The topological polar surface area (TPSA) is 75.6 Å². The van der Waals surface area contributed by atoms with Crippen LogP contribution in [0, 0.1) is 6.92 Å². The third-order valence-corrected chi connectivity index (χ3v) is 4.84. The Bertz CT molecular complexity index is 746. The van der Waals surface area contributed by atoms with Crippen LogP contribution in [0.3, 0.4) is 0 Å². The molecule has 2 aromatic rings. The van der Waals surface area contributed by atoms with Crippen LogP contribution >= 0.6 is 11.8 Å². The number of aliphatic carboxylic acids is 1. The predicted octanol–water partition coefficient (Wildman–Crippen LogP) is 3.76. The monoisotopic (exact) mass is 373 g/mol. The van der Waals surface area contributed by atoms with E-state index in [0.717, 1.165) is 17.5 Å². The second-order valence-corrected chi connectivity index (χ2v) is 7.25. The molecule has 0 aromatic heterocycles. The van der Waals surface area contributed by atoms with Gasteiger partial charge in [-0.15, -0.1) is 11.8 Å². The third kappa shape index (κ3) is 6.11. The number of aryl methyl sites for hydroxylation is 1. The molecule has 6 heteroatoms. The largest absolute Gasteiger partial charge is 0.494 e. The van der Waals surface area contributed by atoms with E-state index < -0.39 is 11.2 Å². The van der Waals surface area contributed by atoms with E-state index in [2.05, 4.69) is 5.32 Å². The van der Waals surface area contributed by atoms with Gasteiger partial charge in [0.1, 0.15) is 11.0 Å². The van der Waals surface area contributed by atoms with Crippen LogP contribution in [-0.2, 0) is 4.79 Å². The summed E-state index contributed by atoms with van der Waals surface area (Å²) in [5.41, 5.74) is 1.67. The highest BCUT2D eigenvalue weighted by molar-refractivity contribution is 8.00. The summed E-state index contributed by atoms with van der Waals surface area (Å²) in [5, 5.41) is 11.3. The highest BCUT2D eigenvalue weighted by Gasteiger charge is 2.17. The smallest absolute Gasteiger partial charge is 0.316 e. The average Bonchev–Trinajstić information content (AvgIpc) is 2.63. The normalized spacial score (nSPS) is 11.6. The van der Waals surface area contributed by atoms with Gasteiger partial charge in [0.05, 0.1) is 12.2 Å². The molecule has 0 fully saturated rings. The average molecular weight is 373 g/mol. The number of nitrogens with one attached hydrogen (secondary N) is 1. The van der Waals surface area contributed by atoms with Crippen LogP contribution in [0.15, 0.2) is 53.4 Å². The van der Waals surface area contributed by atoms with Gasteiger partial charge in [-0.25, -0.2) is 0 Å². The zero-order valence-electron chi connectivity index (χ0n) is 14.9. The molecule has 1 unspecified atom stereocenters. The molecule has 2 N–H and O–H groups in total. The first-order chi connectivity index (χ1) is 12.5. The van der Waals surface area contributed by atoms with E-state index >= 15 is 0 Å². The summed E-state index contributed by atoms with van der Waals surface area (Å²) < 4.78 is 5.63. The lowest BCUT2D eigenvalue weighted by atomic mass is 10.2. The lowest BCUT2D eigenvalue weighted by Gasteiger charge is -2.12. The molecule has 138 valence electrons. The predicted molar refractivity (Wildman–Crippen MR) is 103 cm³/mol. The highest BCUT2D eigenvalue weighted by Crippen LogP contribution is 2.27. The Kier molecular flexibility index (Phi) is 7.53. The van der Waals surface area contributed by atoms with Crippen molar-refractivity contribution < 1.29 is 19.4 Å². The summed E-state index contributed by atoms with van der Waals surface area (Å²) in [4.78, 5) is 24.1. The Labute approximate surface area is 157 Å². The molecular formula is C20H23NO4S. The van der Waals surface area contributed by atoms with Gasteiger partial charge in [-0.2, -0.15) is 0 Å². The van der Waals surface area contributed by atoms with Crippen molar-refractivity contribution in [2.75, 3.05) is 13.2 Å². The fourth-order valence-corrected chi connectivity index (χ4v) is 3.12. The minimum Gasteiger partial charge on any atom is -0.494 e. The number of carboxylic acid groups (broad SMARTS) is 1. The standard InChI is InChI=1S/C20H23NO4S/c1-14-8-10-16(11-9-14)25-13-5-12-21-19(22)17-6-3-4-7-18(17)26-15(2)20(23)24/h3-4,6-11,15H,5,12-13H2,1-2H3,(H,21,22)(H,23,24). The van der Waals surface area contributed by atoms with Gasteiger partial charge in [-0.3, -0.25) is 9.59 Å². The van der Waals surface area contributed by atoms with Gasteiger partial charge in [-0.1, -0.05) is 29.8 Å². The highest BCUT2D eigenvalue weighted by atomic mass is 32.2. The van der Waals surface area contributed by atoms with E-state index in [1.807, 2.05) is 31.2 Å². The van der Waals surface area contributed by atoms with Crippen molar-refractivity contribution >= 4 is 23.6 Å². The molecule has 5 nitrogen and oxygen atoms in total. The quantitative estimate of drug-likeness (QED) is 0.517. The molecule has 0 bridgehead atoms. The molecule has 2 aromatic carbocycles. The molecule has 0 aliphatic carbocycles. The molecule has 0 saturated heterocycles. The number of carbonyl (C=O) groups excluding carboxylic acids is 1. The van der Waals surface area contributed by atoms with Crippen LogP contribution < -0.4 is 10.1 Å². The summed E-state index contributed by atoms with van der Waals surface area (Å²) in [6.07, 6.45) is 0.681. The van der Waals surface area contributed by atoms with Crippen LogP contribution in [0.4, 0.5) is 0 Å². The number of rotatable bonds is 9. The minimum atomic E-state index is -0.904. The van der Waals surface area contributed by atoms with Gasteiger partial charge >= 0.3 is 5.97 Å². The summed E-state index contributed by atoms with van der Waals surface area (Å²) in [5.74, 6) is -0.300. The number of carboxylic acids is 1. The number of carbonyl (C=O) groups is 2. The zero-order chi connectivity index (χ0) is 18.9. The van der Waals surface area contributed by atoms with Crippen LogP contribution in [-0.4, -0.2) is 35.4 Å². The Balaban J connectivity index is 1.80. The molecule has 0 aliphatic heterocycles. The molecular weight excluding hydrogens is 350 g/mol. The van der Waals surface area contributed by atoms with Gasteiger partial charge < -0.3 is 15.2 Å². The number of hydrogen-bond acceptors (Lipinski definition) is 4. The zero-order valence-corrected chi connectivity index (χ0v) is 15.7. The summed E-state index contributed by atoms with van der Waals surface area (Å²) >= 11 is 1.16. The van der Waals surface area contributed by atoms with E-state index in [0.29, 0.717) is 30.0 Å². The second-order valence-electron chi connectivity index (χ2n) is 5.87. The molecule has 2 rings (SSSR count). The lowest BCUT2D eigenvalue weighted by molar-refractivity contribution is -0.136. The van der Waals surface area contributed by atoms with Crippen LogP contribution in [0.2, 0.25) is 0 Å². The van der Waals surface area contributed by atoms with E-state index in [1.54, 1.807) is 31.2 Å². The molecule has 0 saturated carbocycles. The Hall–Kier alpha value is -2.47. The van der Waals surface area contributed by atoms with Crippen LogP contribution in [0.5, 0.6) is 5.75 Å². The van der Waals surface area contributed by atoms with Crippen molar-refractivity contribution in [3.8, 4) is 5.75 Å². The summed E-state index contributed by atoms with van der Waals surface area (Å²) in [6, 6.07) is 14.9. The maximum absolute atomic E-state index is 12.4. The summed E-state index contributed by atoms with van der Waals surface area (Å²) in [7, 11) is 0. The fraction of sp³-hybridized carbons (Fsp3) is 0.300. The maximum Gasteiger partial charge on any atom is 0.316 e. The number of hydrogen-bond donors (Lipinski definition) is 2. The molecule has 0 aliphatic rings. The molecule has 0 radical (unpaired) electrons.